The lowest BCUT2D eigenvalue weighted by atomic mass is 10.2. The van der Waals surface area contributed by atoms with Crippen molar-refractivity contribution in [2.75, 3.05) is 6.54 Å². The zero-order chi connectivity index (χ0) is 19.1. The van der Waals surface area contributed by atoms with Crippen molar-refractivity contribution < 1.29 is 18.0 Å². The number of rotatable bonds is 4. The van der Waals surface area contributed by atoms with Crippen molar-refractivity contribution in [2.24, 2.45) is 5.92 Å². The van der Waals surface area contributed by atoms with Crippen LogP contribution in [-0.2, 0) is 6.18 Å². The molecular formula is C16H14ClF3N4OS. The van der Waals surface area contributed by atoms with Crippen molar-refractivity contribution in [3.63, 3.8) is 0 Å². The maximum Gasteiger partial charge on any atom is 0.433 e. The molecule has 0 saturated heterocycles. The highest BCUT2D eigenvalue weighted by molar-refractivity contribution is 7.13. The van der Waals surface area contributed by atoms with Crippen LogP contribution >= 0.6 is 22.9 Å². The summed E-state index contributed by atoms with van der Waals surface area (Å²) in [5.41, 5.74) is -1.42. The first-order valence-electron chi connectivity index (χ1n) is 7.67. The second-order valence-electron chi connectivity index (χ2n) is 6.00. The van der Waals surface area contributed by atoms with Gasteiger partial charge in [-0.05, 0) is 23.4 Å². The number of hydrogen-bond acceptors (Lipinski definition) is 4. The Hall–Kier alpha value is -2.13. The molecule has 1 amide bonds. The maximum atomic E-state index is 13.5. The maximum absolute atomic E-state index is 13.5. The molecule has 3 rings (SSSR count). The fourth-order valence-corrected chi connectivity index (χ4v) is 3.20. The van der Waals surface area contributed by atoms with Crippen LogP contribution in [0.4, 0.5) is 13.2 Å². The van der Waals surface area contributed by atoms with Crippen LogP contribution < -0.4 is 5.32 Å². The van der Waals surface area contributed by atoms with Crippen molar-refractivity contribution in [3.05, 3.63) is 40.0 Å². The van der Waals surface area contributed by atoms with Crippen LogP contribution in [0.3, 0.4) is 0 Å². The molecule has 0 saturated carbocycles. The van der Waals surface area contributed by atoms with Crippen molar-refractivity contribution in [1.29, 1.82) is 0 Å². The molecule has 0 radical (unpaired) electrons. The first-order chi connectivity index (χ1) is 12.2. The van der Waals surface area contributed by atoms with E-state index >= 15 is 0 Å². The molecule has 1 N–H and O–H groups in total. The average molecular weight is 403 g/mol. The molecule has 0 bridgehead atoms. The van der Waals surface area contributed by atoms with Crippen LogP contribution in [0.15, 0.2) is 23.6 Å². The summed E-state index contributed by atoms with van der Waals surface area (Å²) < 4.78 is 41.1. The van der Waals surface area contributed by atoms with Gasteiger partial charge in [-0.1, -0.05) is 31.5 Å². The van der Waals surface area contributed by atoms with Gasteiger partial charge in [0.05, 0.1) is 10.6 Å². The van der Waals surface area contributed by atoms with E-state index in [1.54, 1.807) is 17.5 Å². The number of amides is 1. The van der Waals surface area contributed by atoms with Gasteiger partial charge in [0.2, 0.25) is 0 Å². The Kier molecular flexibility index (Phi) is 4.94. The Labute approximate surface area is 155 Å². The zero-order valence-electron chi connectivity index (χ0n) is 13.8. The molecule has 0 fully saturated rings. The van der Waals surface area contributed by atoms with Crippen molar-refractivity contribution in [2.45, 2.75) is 20.0 Å². The topological polar surface area (TPSA) is 59.3 Å². The van der Waals surface area contributed by atoms with Crippen LogP contribution in [-0.4, -0.2) is 27.0 Å². The molecule has 0 aliphatic carbocycles. The number of hydrogen-bond donors (Lipinski definition) is 1. The first kappa shape index (κ1) is 18.7. The predicted molar refractivity (Wildman–Crippen MR) is 93.5 cm³/mol. The molecule has 0 aliphatic heterocycles. The summed E-state index contributed by atoms with van der Waals surface area (Å²) in [7, 11) is 0. The van der Waals surface area contributed by atoms with Gasteiger partial charge in [0, 0.05) is 6.54 Å². The standard InChI is InChI=1S/C16H14ClF3N4OS/c1-8(2)7-21-15(25)13-12(17)14-22-9(10-4-3-5-26-10)6-11(16(18,19)20)24(14)23-13/h3-6,8H,7H2,1-2H3,(H,21,25). The lowest BCUT2D eigenvalue weighted by molar-refractivity contribution is -0.142. The quantitative estimate of drug-likeness (QED) is 0.698. The first-order valence-corrected chi connectivity index (χ1v) is 8.92. The van der Waals surface area contributed by atoms with Crippen molar-refractivity contribution in [1.82, 2.24) is 19.9 Å². The third kappa shape index (κ3) is 3.54. The summed E-state index contributed by atoms with van der Waals surface area (Å²) in [6, 6.07) is 4.27. The summed E-state index contributed by atoms with van der Waals surface area (Å²) in [5.74, 6) is -0.468. The largest absolute Gasteiger partial charge is 0.433 e. The van der Waals surface area contributed by atoms with E-state index in [9.17, 15) is 18.0 Å². The minimum atomic E-state index is -4.69. The molecule has 0 aromatic carbocycles. The van der Waals surface area contributed by atoms with Gasteiger partial charge in [-0.25, -0.2) is 9.50 Å². The third-order valence-corrected chi connectivity index (χ3v) is 4.72. The Morgan fingerprint density at radius 3 is 2.73 bits per heavy atom. The number of fused-ring (bicyclic) bond motifs is 1. The fourth-order valence-electron chi connectivity index (χ4n) is 2.27. The van der Waals surface area contributed by atoms with E-state index in [0.29, 0.717) is 15.9 Å². The van der Waals surface area contributed by atoms with E-state index in [0.717, 1.165) is 6.07 Å². The number of thiophene rings is 1. The van der Waals surface area contributed by atoms with Crippen molar-refractivity contribution >= 4 is 34.5 Å². The van der Waals surface area contributed by atoms with E-state index in [4.69, 9.17) is 11.6 Å². The number of carbonyl (C=O) groups is 1. The van der Waals surface area contributed by atoms with Gasteiger partial charge in [0.1, 0.15) is 5.02 Å². The number of alkyl halides is 3. The van der Waals surface area contributed by atoms with Gasteiger partial charge < -0.3 is 5.32 Å². The summed E-state index contributed by atoms with van der Waals surface area (Å²) >= 11 is 7.40. The Morgan fingerprint density at radius 2 is 2.15 bits per heavy atom. The summed E-state index contributed by atoms with van der Waals surface area (Å²) in [5, 5.41) is 7.89. The van der Waals surface area contributed by atoms with Crippen LogP contribution in [0.2, 0.25) is 5.02 Å². The Balaban J connectivity index is 2.17. The third-order valence-electron chi connectivity index (χ3n) is 3.48. The summed E-state index contributed by atoms with van der Waals surface area (Å²) in [6.45, 7) is 4.13. The van der Waals surface area contributed by atoms with Crippen LogP contribution in [0.5, 0.6) is 0 Å². The highest BCUT2D eigenvalue weighted by Crippen LogP contribution is 2.35. The van der Waals surface area contributed by atoms with Crippen LogP contribution in [0.1, 0.15) is 30.0 Å². The molecule has 3 aromatic rings. The summed E-state index contributed by atoms with van der Waals surface area (Å²) in [4.78, 5) is 17.0. The Bertz CT molecular complexity index is 951. The minimum absolute atomic E-state index is 0.121. The molecule has 0 unspecified atom stereocenters. The molecule has 0 atom stereocenters. The summed E-state index contributed by atoms with van der Waals surface area (Å²) in [6.07, 6.45) is -4.69. The number of nitrogens with zero attached hydrogens (tertiary/aromatic N) is 3. The monoisotopic (exact) mass is 402 g/mol. The van der Waals surface area contributed by atoms with Crippen molar-refractivity contribution in [3.8, 4) is 10.6 Å². The lowest BCUT2D eigenvalue weighted by Gasteiger charge is -2.10. The van der Waals surface area contributed by atoms with Crippen LogP contribution in [0, 0.1) is 5.92 Å². The van der Waals surface area contributed by atoms with Gasteiger partial charge in [-0.2, -0.15) is 18.3 Å². The molecule has 5 nitrogen and oxygen atoms in total. The van der Waals surface area contributed by atoms with E-state index in [-0.39, 0.29) is 28.0 Å². The number of aromatic nitrogens is 3. The zero-order valence-corrected chi connectivity index (χ0v) is 15.3. The molecule has 0 spiro atoms. The van der Waals surface area contributed by atoms with E-state index in [2.05, 4.69) is 15.4 Å². The SMILES string of the molecule is CC(C)CNC(=O)c1nn2c(C(F)(F)F)cc(-c3cccs3)nc2c1Cl. The number of carbonyl (C=O) groups excluding carboxylic acids is 1. The molecule has 3 heterocycles. The number of halogens is 4. The van der Waals surface area contributed by atoms with Gasteiger partial charge in [-0.3, -0.25) is 4.79 Å². The number of nitrogens with one attached hydrogen (secondary N) is 1. The van der Waals surface area contributed by atoms with Gasteiger partial charge in [-0.15, -0.1) is 11.3 Å². The normalized spacial score (nSPS) is 12.1. The highest BCUT2D eigenvalue weighted by Gasteiger charge is 2.36. The van der Waals surface area contributed by atoms with Gasteiger partial charge in [0.15, 0.2) is 17.0 Å². The van der Waals surface area contributed by atoms with E-state index in [1.165, 1.54) is 11.3 Å². The average Bonchev–Trinajstić information content (AvgIpc) is 3.19. The lowest BCUT2D eigenvalue weighted by Crippen LogP contribution is -2.28. The molecule has 10 heteroatoms. The second kappa shape index (κ2) is 6.88. The molecule has 3 aromatic heterocycles. The van der Waals surface area contributed by atoms with Crippen LogP contribution in [0.25, 0.3) is 16.2 Å². The molecular weight excluding hydrogens is 389 g/mol. The van der Waals surface area contributed by atoms with Gasteiger partial charge >= 0.3 is 6.18 Å². The minimum Gasteiger partial charge on any atom is -0.350 e. The van der Waals surface area contributed by atoms with E-state index < -0.39 is 17.8 Å². The molecule has 0 aliphatic rings. The smallest absolute Gasteiger partial charge is 0.350 e. The Morgan fingerprint density at radius 1 is 1.42 bits per heavy atom. The predicted octanol–water partition coefficient (Wildman–Crippen LogP) is 4.52. The highest BCUT2D eigenvalue weighted by atomic mass is 35.5. The van der Waals surface area contributed by atoms with Gasteiger partial charge in [0.25, 0.3) is 5.91 Å². The van der Waals surface area contributed by atoms with E-state index in [1.807, 2.05) is 13.8 Å². The fraction of sp³-hybridized carbons (Fsp3) is 0.312. The second-order valence-corrected chi connectivity index (χ2v) is 7.33. The molecule has 138 valence electrons. The molecule has 26 heavy (non-hydrogen) atoms.